The Morgan fingerprint density at radius 3 is 2.52 bits per heavy atom. The molecule has 1 unspecified atom stereocenters. The zero-order valence-electron chi connectivity index (χ0n) is 15.3. The van der Waals surface area contributed by atoms with Crippen LogP contribution < -0.4 is 5.14 Å². The van der Waals surface area contributed by atoms with Gasteiger partial charge in [-0.2, -0.15) is 0 Å². The normalized spacial score (nSPS) is 24.3. The molecule has 1 saturated heterocycles. The van der Waals surface area contributed by atoms with Crippen LogP contribution in [0.5, 0.6) is 0 Å². The van der Waals surface area contributed by atoms with E-state index in [9.17, 15) is 22.4 Å². The SMILES string of the molecule is Cc1c(CCC2(C3CCCC3)CC(=O)CC(=O)O2)ccc(S(N)(=O)=O)c1F. The number of benzene rings is 1. The molecule has 27 heavy (non-hydrogen) atoms. The summed E-state index contributed by atoms with van der Waals surface area (Å²) in [6.45, 7) is 1.50. The number of carbonyl (C=O) groups excluding carboxylic acids is 2. The maximum Gasteiger partial charge on any atom is 0.313 e. The van der Waals surface area contributed by atoms with Gasteiger partial charge in [0.15, 0.2) is 0 Å². The lowest BCUT2D eigenvalue weighted by Gasteiger charge is -2.41. The first kappa shape index (κ1) is 19.9. The molecule has 2 N–H and O–H groups in total. The van der Waals surface area contributed by atoms with Gasteiger partial charge in [-0.25, -0.2) is 17.9 Å². The van der Waals surface area contributed by atoms with Crippen molar-refractivity contribution < 1.29 is 27.1 Å². The number of esters is 1. The van der Waals surface area contributed by atoms with E-state index >= 15 is 0 Å². The minimum absolute atomic E-state index is 0.120. The van der Waals surface area contributed by atoms with Gasteiger partial charge in [-0.15, -0.1) is 0 Å². The highest BCUT2D eigenvalue weighted by Gasteiger charge is 2.47. The van der Waals surface area contributed by atoms with Crippen molar-refractivity contribution in [1.29, 1.82) is 0 Å². The molecule has 1 aromatic carbocycles. The first-order valence-corrected chi connectivity index (χ1v) is 10.7. The highest BCUT2D eigenvalue weighted by Crippen LogP contribution is 2.44. The number of ether oxygens (including phenoxy) is 1. The number of carbonyl (C=O) groups is 2. The fourth-order valence-corrected chi connectivity index (χ4v) is 5.08. The maximum absolute atomic E-state index is 14.4. The van der Waals surface area contributed by atoms with E-state index in [1.807, 2.05) is 0 Å². The highest BCUT2D eigenvalue weighted by atomic mass is 32.2. The van der Waals surface area contributed by atoms with Crippen LogP contribution >= 0.6 is 0 Å². The van der Waals surface area contributed by atoms with Gasteiger partial charge in [0.2, 0.25) is 10.0 Å². The van der Waals surface area contributed by atoms with Crippen molar-refractivity contribution >= 4 is 21.8 Å². The molecule has 0 aromatic heterocycles. The fraction of sp³-hybridized carbons (Fsp3) is 0.579. The van der Waals surface area contributed by atoms with E-state index in [2.05, 4.69) is 0 Å². The molecule has 1 aromatic rings. The molecule has 2 fully saturated rings. The predicted molar refractivity (Wildman–Crippen MR) is 95.9 cm³/mol. The quantitative estimate of drug-likeness (QED) is 0.607. The molecular formula is C19H24FNO5S. The number of rotatable bonds is 5. The van der Waals surface area contributed by atoms with Gasteiger partial charge < -0.3 is 4.74 Å². The van der Waals surface area contributed by atoms with Crippen LogP contribution in [0.3, 0.4) is 0 Å². The molecule has 0 amide bonds. The second kappa shape index (κ2) is 7.31. The molecular weight excluding hydrogens is 373 g/mol. The number of ketones is 1. The second-order valence-electron chi connectivity index (χ2n) is 7.62. The molecule has 6 nitrogen and oxygen atoms in total. The summed E-state index contributed by atoms with van der Waals surface area (Å²) in [4.78, 5) is 23.5. The van der Waals surface area contributed by atoms with Gasteiger partial charge in [0.05, 0.1) is 0 Å². The summed E-state index contributed by atoms with van der Waals surface area (Å²) in [5.74, 6) is -1.35. The van der Waals surface area contributed by atoms with Crippen molar-refractivity contribution in [3.8, 4) is 0 Å². The average Bonchev–Trinajstić information content (AvgIpc) is 3.09. The van der Waals surface area contributed by atoms with Crippen LogP contribution in [-0.2, 0) is 30.8 Å². The van der Waals surface area contributed by atoms with E-state index in [0.717, 1.165) is 31.7 Å². The lowest BCUT2D eigenvalue weighted by Crippen LogP contribution is -2.48. The number of nitrogens with two attached hydrogens (primary N) is 1. The van der Waals surface area contributed by atoms with Crippen LogP contribution in [0, 0.1) is 18.7 Å². The Kier molecular flexibility index (Phi) is 5.40. The largest absolute Gasteiger partial charge is 0.458 e. The summed E-state index contributed by atoms with van der Waals surface area (Å²) in [6, 6.07) is 2.69. The van der Waals surface area contributed by atoms with E-state index in [1.165, 1.54) is 13.0 Å². The van der Waals surface area contributed by atoms with Gasteiger partial charge in [-0.1, -0.05) is 18.9 Å². The molecule has 0 bridgehead atoms. The van der Waals surface area contributed by atoms with Crippen LogP contribution in [-0.4, -0.2) is 25.8 Å². The number of sulfonamides is 1. The van der Waals surface area contributed by atoms with Crippen LogP contribution in [0.1, 0.15) is 56.1 Å². The van der Waals surface area contributed by atoms with Crippen molar-refractivity contribution in [2.75, 3.05) is 0 Å². The smallest absolute Gasteiger partial charge is 0.313 e. The molecule has 2 aliphatic rings. The number of hydrogen-bond acceptors (Lipinski definition) is 5. The summed E-state index contributed by atoms with van der Waals surface area (Å²) in [7, 11) is -4.14. The first-order chi connectivity index (χ1) is 12.6. The summed E-state index contributed by atoms with van der Waals surface area (Å²) < 4.78 is 43.1. The Bertz CT molecular complexity index is 858. The number of Topliss-reactive ketones (excluding diaryl/α,β-unsaturated/α-hetero) is 1. The number of halogens is 1. The second-order valence-corrected chi connectivity index (χ2v) is 9.15. The number of hydrogen-bond donors (Lipinski definition) is 1. The number of primary sulfonamides is 1. The Balaban J connectivity index is 1.87. The Morgan fingerprint density at radius 1 is 1.26 bits per heavy atom. The van der Waals surface area contributed by atoms with E-state index in [-0.39, 0.29) is 30.1 Å². The average molecular weight is 397 g/mol. The Hall–Kier alpha value is -1.80. The van der Waals surface area contributed by atoms with Crippen molar-refractivity contribution in [2.24, 2.45) is 11.1 Å². The van der Waals surface area contributed by atoms with Crippen molar-refractivity contribution in [3.63, 3.8) is 0 Å². The highest BCUT2D eigenvalue weighted by molar-refractivity contribution is 7.89. The fourth-order valence-electron chi connectivity index (χ4n) is 4.42. The summed E-state index contributed by atoms with van der Waals surface area (Å²) in [5.41, 5.74) is -0.0207. The molecule has 3 rings (SSSR count). The van der Waals surface area contributed by atoms with Crippen molar-refractivity contribution in [3.05, 3.63) is 29.1 Å². The summed E-state index contributed by atoms with van der Waals surface area (Å²) in [5, 5.41) is 5.04. The van der Waals surface area contributed by atoms with Crippen LogP contribution in [0.2, 0.25) is 0 Å². The van der Waals surface area contributed by atoms with Gasteiger partial charge in [-0.3, -0.25) is 9.59 Å². The molecule has 1 saturated carbocycles. The van der Waals surface area contributed by atoms with Gasteiger partial charge in [0, 0.05) is 6.42 Å². The Morgan fingerprint density at radius 2 is 1.93 bits per heavy atom. The number of aryl methyl sites for hydroxylation is 1. The molecule has 1 heterocycles. The zero-order valence-corrected chi connectivity index (χ0v) is 16.1. The molecule has 1 aliphatic carbocycles. The van der Waals surface area contributed by atoms with E-state index in [1.54, 1.807) is 0 Å². The van der Waals surface area contributed by atoms with Crippen LogP contribution in [0.15, 0.2) is 17.0 Å². The van der Waals surface area contributed by atoms with E-state index in [0.29, 0.717) is 18.4 Å². The van der Waals surface area contributed by atoms with Gasteiger partial charge in [0.1, 0.15) is 28.5 Å². The monoisotopic (exact) mass is 397 g/mol. The third-order valence-electron chi connectivity index (χ3n) is 5.84. The standard InChI is InChI=1S/C19H24FNO5S/c1-12-13(6-7-16(18(12)20)27(21,24)25)8-9-19(14-4-2-3-5-14)11-15(22)10-17(23)26-19/h6-7,14H,2-5,8-11H2,1H3,(H2,21,24,25). The third kappa shape index (κ3) is 4.06. The number of cyclic esters (lactones) is 1. The lowest BCUT2D eigenvalue weighted by molar-refractivity contribution is -0.178. The summed E-state index contributed by atoms with van der Waals surface area (Å²) >= 11 is 0. The predicted octanol–water partition coefficient (Wildman–Crippen LogP) is 2.55. The molecule has 1 aliphatic heterocycles. The van der Waals surface area contributed by atoms with Crippen LogP contribution in [0.25, 0.3) is 0 Å². The molecule has 8 heteroatoms. The van der Waals surface area contributed by atoms with Crippen LogP contribution in [0.4, 0.5) is 4.39 Å². The molecule has 1 atom stereocenters. The van der Waals surface area contributed by atoms with Gasteiger partial charge >= 0.3 is 5.97 Å². The van der Waals surface area contributed by atoms with E-state index in [4.69, 9.17) is 9.88 Å². The molecule has 0 spiro atoms. The van der Waals surface area contributed by atoms with Crippen molar-refractivity contribution in [1.82, 2.24) is 0 Å². The zero-order chi connectivity index (χ0) is 19.8. The third-order valence-corrected chi connectivity index (χ3v) is 6.77. The topological polar surface area (TPSA) is 104 Å². The van der Waals surface area contributed by atoms with Crippen molar-refractivity contribution in [2.45, 2.75) is 68.8 Å². The van der Waals surface area contributed by atoms with Gasteiger partial charge in [0.25, 0.3) is 0 Å². The van der Waals surface area contributed by atoms with Gasteiger partial charge in [-0.05, 0) is 55.7 Å². The maximum atomic E-state index is 14.4. The minimum atomic E-state index is -4.14. The summed E-state index contributed by atoms with van der Waals surface area (Å²) in [6.07, 6.45) is 4.67. The minimum Gasteiger partial charge on any atom is -0.458 e. The molecule has 148 valence electrons. The molecule has 0 radical (unpaired) electrons. The first-order valence-electron chi connectivity index (χ1n) is 9.17. The Labute approximate surface area is 158 Å². The lowest BCUT2D eigenvalue weighted by atomic mass is 9.76. The van der Waals surface area contributed by atoms with E-state index < -0.39 is 32.3 Å².